The Bertz CT molecular complexity index is 7340. The van der Waals surface area contributed by atoms with Crippen LogP contribution in [0.1, 0.15) is 0 Å². The molecule has 0 spiro atoms. The Balaban J connectivity index is 0.632. The molecule has 2 aromatic heterocycles. The van der Waals surface area contributed by atoms with Crippen molar-refractivity contribution in [2.24, 2.45) is 0 Å². The molecule has 556 valence electrons. The first-order chi connectivity index (χ1) is 58.5. The standard InChI is InChI=1S/C112H76N4O2/c1-3-31-77(32-4-1)89-42-9-17-54-102(89)113-104-56-19-11-45-94(104)96-47-14-22-59-107(96)115(87-40-26-38-83(72-87)92-50-28-52-99-98-49-16-24-61-109(98)117-111(92)99)86-67-64-76(65-68-86)80-36-25-37-81(70-80)82-66-69-110-101(74-82)100-53-29-51-93(112(100)118-110)84-39-27-41-88(73-84)116(106-58-21-13-44-91(106)85-63-62-75-30-7-8-35-79(75)71-85)108-60-23-15-48-97(108)95-46-12-20-57-105(95)114-103-55-18-10-43-90(103)78-33-5-2-6-34-78/h1-74,113-114H. The van der Waals surface area contributed by atoms with E-state index >= 15 is 0 Å². The van der Waals surface area contributed by atoms with Gasteiger partial charge >= 0.3 is 0 Å². The molecule has 19 aromatic carbocycles. The van der Waals surface area contributed by atoms with Crippen molar-refractivity contribution in [3.63, 3.8) is 0 Å². The predicted octanol–water partition coefficient (Wildman–Crippen LogP) is 32.1. The van der Waals surface area contributed by atoms with Crippen LogP contribution in [0.4, 0.5) is 56.9 Å². The van der Waals surface area contributed by atoms with Gasteiger partial charge in [0.25, 0.3) is 0 Å². The summed E-state index contributed by atoms with van der Waals surface area (Å²) in [6.07, 6.45) is 0. The summed E-state index contributed by atoms with van der Waals surface area (Å²) in [5.41, 5.74) is 33.1. The Morgan fingerprint density at radius 1 is 0.169 bits per heavy atom. The molecule has 0 aliphatic carbocycles. The second-order valence-electron chi connectivity index (χ2n) is 30.0. The van der Waals surface area contributed by atoms with Gasteiger partial charge in [-0.2, -0.15) is 0 Å². The molecular formula is C112H76N4O2. The van der Waals surface area contributed by atoms with Crippen LogP contribution in [0.25, 0.3) is 155 Å². The molecule has 0 atom stereocenters. The molecule has 0 saturated heterocycles. The molecule has 0 bridgehead atoms. The molecule has 2 heterocycles. The number of anilines is 10. The van der Waals surface area contributed by atoms with Crippen LogP contribution in [0.3, 0.4) is 0 Å². The number of nitrogens with zero attached hydrogens (tertiary/aromatic N) is 2. The molecule has 0 unspecified atom stereocenters. The van der Waals surface area contributed by atoms with Crippen molar-refractivity contribution in [1.29, 1.82) is 0 Å². The lowest BCUT2D eigenvalue weighted by Crippen LogP contribution is -2.13. The van der Waals surface area contributed by atoms with E-state index in [-0.39, 0.29) is 0 Å². The lowest BCUT2D eigenvalue weighted by molar-refractivity contribution is 0.669. The van der Waals surface area contributed by atoms with Crippen LogP contribution < -0.4 is 20.4 Å². The first-order valence-electron chi connectivity index (χ1n) is 40.2. The largest absolute Gasteiger partial charge is 0.455 e. The summed E-state index contributed by atoms with van der Waals surface area (Å²) in [7, 11) is 0. The third-order valence-electron chi connectivity index (χ3n) is 22.9. The number of nitrogens with one attached hydrogen (secondary N) is 2. The van der Waals surface area contributed by atoms with E-state index in [0.29, 0.717) is 0 Å². The second kappa shape index (κ2) is 30.6. The Kier molecular flexibility index (Phi) is 18.2. The van der Waals surface area contributed by atoms with Crippen molar-refractivity contribution in [3.05, 3.63) is 449 Å². The minimum absolute atomic E-state index is 0.823. The Hall–Kier alpha value is -15.8. The monoisotopic (exact) mass is 1510 g/mol. The lowest BCUT2D eigenvalue weighted by atomic mass is 9.95. The van der Waals surface area contributed by atoms with Gasteiger partial charge in [-0.3, -0.25) is 0 Å². The zero-order valence-corrected chi connectivity index (χ0v) is 64.4. The van der Waals surface area contributed by atoms with Gasteiger partial charge in [0, 0.05) is 111 Å². The van der Waals surface area contributed by atoms with Crippen LogP contribution in [-0.2, 0) is 0 Å². The third-order valence-corrected chi connectivity index (χ3v) is 22.9. The number of hydrogen-bond acceptors (Lipinski definition) is 6. The van der Waals surface area contributed by atoms with Gasteiger partial charge in [-0.05, 0) is 170 Å². The molecule has 6 heteroatoms. The van der Waals surface area contributed by atoms with Gasteiger partial charge in [0.2, 0.25) is 0 Å². The average Bonchev–Trinajstić information content (AvgIpc) is 1.75. The molecule has 0 aliphatic rings. The summed E-state index contributed by atoms with van der Waals surface area (Å²) in [4.78, 5) is 4.84. The highest BCUT2D eigenvalue weighted by molar-refractivity contribution is 6.12. The highest BCUT2D eigenvalue weighted by Crippen LogP contribution is 2.51. The quantitative estimate of drug-likeness (QED) is 0.0841. The Morgan fingerprint density at radius 3 is 1.13 bits per heavy atom. The topological polar surface area (TPSA) is 56.8 Å². The van der Waals surface area contributed by atoms with E-state index < -0.39 is 0 Å². The van der Waals surface area contributed by atoms with E-state index in [4.69, 9.17) is 8.83 Å². The van der Waals surface area contributed by atoms with E-state index in [1.54, 1.807) is 0 Å². The molecule has 21 rings (SSSR count). The van der Waals surface area contributed by atoms with Gasteiger partial charge in [0.1, 0.15) is 22.3 Å². The summed E-state index contributed by atoms with van der Waals surface area (Å²) in [6.45, 7) is 0. The van der Waals surface area contributed by atoms with Crippen LogP contribution in [0.5, 0.6) is 0 Å². The van der Waals surface area contributed by atoms with E-state index in [2.05, 4.69) is 463 Å². The first-order valence-corrected chi connectivity index (χ1v) is 40.2. The highest BCUT2D eigenvalue weighted by atomic mass is 16.3. The van der Waals surface area contributed by atoms with E-state index in [9.17, 15) is 0 Å². The Labute approximate surface area is 685 Å². The predicted molar refractivity (Wildman–Crippen MR) is 496 cm³/mol. The van der Waals surface area contributed by atoms with Gasteiger partial charge in [0.15, 0.2) is 0 Å². The van der Waals surface area contributed by atoms with Gasteiger partial charge in [-0.25, -0.2) is 0 Å². The van der Waals surface area contributed by atoms with E-state index in [1.807, 2.05) is 6.07 Å². The molecule has 0 aliphatic heterocycles. The van der Waals surface area contributed by atoms with Crippen molar-refractivity contribution in [1.82, 2.24) is 0 Å². The highest BCUT2D eigenvalue weighted by Gasteiger charge is 2.26. The van der Waals surface area contributed by atoms with E-state index in [0.717, 1.165) is 201 Å². The zero-order chi connectivity index (χ0) is 78.2. The summed E-state index contributed by atoms with van der Waals surface area (Å²) in [5, 5.41) is 14.5. The van der Waals surface area contributed by atoms with Crippen molar-refractivity contribution < 1.29 is 8.83 Å². The molecule has 0 saturated carbocycles. The number of para-hydroxylation sites is 10. The van der Waals surface area contributed by atoms with Crippen LogP contribution in [-0.4, -0.2) is 0 Å². The fourth-order valence-corrected chi connectivity index (χ4v) is 17.3. The van der Waals surface area contributed by atoms with Gasteiger partial charge in [0.05, 0.1) is 17.1 Å². The van der Waals surface area contributed by atoms with Gasteiger partial charge < -0.3 is 29.3 Å². The van der Waals surface area contributed by atoms with E-state index in [1.165, 1.54) is 10.8 Å². The molecular weight excluding hydrogens is 1430 g/mol. The SMILES string of the molecule is c1ccc(-c2ccccc2Nc2ccccc2-c2ccccc2N(c2ccc(-c3cccc(-c4ccc5oc6c(-c7cccc(N(c8ccccc8-c8ccc9ccccc9c8)c8ccccc8-c8ccccc8Nc8ccccc8-c8ccccc8)c7)cccc6c5c4)c3)cc2)c2cccc(-c3cccc4c3oc3ccccc34)c2)cc1. The second-order valence-corrected chi connectivity index (χ2v) is 30.0. The molecule has 118 heavy (non-hydrogen) atoms. The van der Waals surface area contributed by atoms with Crippen LogP contribution in [0.15, 0.2) is 458 Å². The minimum atomic E-state index is 0.823. The van der Waals surface area contributed by atoms with Crippen molar-refractivity contribution in [2.45, 2.75) is 0 Å². The van der Waals surface area contributed by atoms with Crippen molar-refractivity contribution in [3.8, 4) is 100 Å². The molecule has 0 fully saturated rings. The lowest BCUT2D eigenvalue weighted by Gasteiger charge is -2.30. The summed E-state index contributed by atoms with van der Waals surface area (Å²) < 4.78 is 13.8. The van der Waals surface area contributed by atoms with Crippen LogP contribution >= 0.6 is 0 Å². The fraction of sp³-hybridized carbons (Fsp3) is 0. The fourth-order valence-electron chi connectivity index (χ4n) is 17.3. The molecule has 21 aromatic rings. The zero-order valence-electron chi connectivity index (χ0n) is 64.4. The summed E-state index contributed by atoms with van der Waals surface area (Å²) >= 11 is 0. The normalized spacial score (nSPS) is 11.4. The summed E-state index contributed by atoms with van der Waals surface area (Å²) in [5.74, 6) is 0. The molecule has 0 amide bonds. The maximum absolute atomic E-state index is 7.08. The van der Waals surface area contributed by atoms with Gasteiger partial charge in [-0.1, -0.05) is 340 Å². The number of hydrogen-bond donors (Lipinski definition) is 2. The van der Waals surface area contributed by atoms with Gasteiger partial charge in [-0.15, -0.1) is 0 Å². The smallest absolute Gasteiger partial charge is 0.143 e. The van der Waals surface area contributed by atoms with Crippen LogP contribution in [0, 0.1) is 0 Å². The maximum atomic E-state index is 7.08. The molecule has 2 N–H and O–H groups in total. The number of fused-ring (bicyclic) bond motifs is 7. The molecule has 0 radical (unpaired) electrons. The number of benzene rings is 19. The summed E-state index contributed by atoms with van der Waals surface area (Å²) in [6, 6.07) is 161. The number of rotatable bonds is 19. The first kappa shape index (κ1) is 70.1. The van der Waals surface area contributed by atoms with Crippen LogP contribution in [0.2, 0.25) is 0 Å². The average molecular weight is 1510 g/mol. The van der Waals surface area contributed by atoms with Crippen molar-refractivity contribution in [2.75, 3.05) is 20.4 Å². The maximum Gasteiger partial charge on any atom is 0.143 e. The van der Waals surface area contributed by atoms with Crippen molar-refractivity contribution >= 4 is 112 Å². The number of furan rings is 2. The Morgan fingerprint density at radius 2 is 0.534 bits per heavy atom. The minimum Gasteiger partial charge on any atom is -0.455 e. The molecule has 6 nitrogen and oxygen atoms in total. The third kappa shape index (κ3) is 13.2.